The first-order valence-corrected chi connectivity index (χ1v) is 6.89. The molecule has 2 aromatic rings. The molecule has 1 N–H and O–H groups in total. The van der Waals surface area contributed by atoms with Gasteiger partial charge in [0.15, 0.2) is 0 Å². The van der Waals surface area contributed by atoms with E-state index in [-0.39, 0.29) is 17.7 Å². The van der Waals surface area contributed by atoms with Crippen LogP contribution in [0.1, 0.15) is 25.1 Å². The summed E-state index contributed by atoms with van der Waals surface area (Å²) in [6, 6.07) is 5.43. The average molecular weight is 327 g/mol. The number of aryl methyl sites for hydroxylation is 1. The Morgan fingerprint density at radius 2 is 2.00 bits per heavy atom. The normalized spacial score (nSPS) is 11.6. The summed E-state index contributed by atoms with van der Waals surface area (Å²) < 4.78 is 44.4. The number of carbonyl (C=O) groups is 1. The molecule has 1 aromatic carbocycles. The molecule has 1 amide bonds. The van der Waals surface area contributed by atoms with Crippen LogP contribution in [-0.4, -0.2) is 21.9 Å². The Morgan fingerprint density at radius 3 is 2.61 bits per heavy atom. The maximum Gasteiger partial charge on any atom is 0.416 e. The zero-order chi connectivity index (χ0) is 17.2. The van der Waals surface area contributed by atoms with E-state index in [4.69, 9.17) is 4.74 Å². The monoisotopic (exact) mass is 327 g/mol. The highest BCUT2D eigenvalue weighted by atomic mass is 19.4. The van der Waals surface area contributed by atoms with Crippen molar-refractivity contribution in [3.63, 3.8) is 0 Å². The lowest BCUT2D eigenvalue weighted by molar-refractivity contribution is -0.137. The Labute approximate surface area is 131 Å². The van der Waals surface area contributed by atoms with E-state index in [9.17, 15) is 18.0 Å². The van der Waals surface area contributed by atoms with Gasteiger partial charge in [0.05, 0.1) is 11.3 Å². The molecule has 0 radical (unpaired) electrons. The molecule has 8 heteroatoms. The zero-order valence-corrected chi connectivity index (χ0v) is 12.8. The molecule has 0 bridgehead atoms. The molecule has 2 rings (SSSR count). The fourth-order valence-electron chi connectivity index (χ4n) is 1.87. The van der Waals surface area contributed by atoms with Crippen molar-refractivity contribution in [2.24, 2.45) is 0 Å². The van der Waals surface area contributed by atoms with E-state index >= 15 is 0 Å². The van der Waals surface area contributed by atoms with E-state index in [0.717, 1.165) is 16.8 Å². The van der Waals surface area contributed by atoms with Gasteiger partial charge in [0.2, 0.25) is 5.88 Å². The van der Waals surface area contributed by atoms with Crippen molar-refractivity contribution in [2.75, 3.05) is 0 Å². The van der Waals surface area contributed by atoms with Crippen LogP contribution >= 0.6 is 0 Å². The molecule has 1 heterocycles. The number of benzene rings is 1. The summed E-state index contributed by atoms with van der Waals surface area (Å²) in [6.07, 6.45) is -4.45. The van der Waals surface area contributed by atoms with Gasteiger partial charge in [-0.15, -0.1) is 5.10 Å². The molecular formula is C15H16F3N3O2. The second-order valence-corrected chi connectivity index (χ2v) is 5.27. The molecule has 0 fully saturated rings. The van der Waals surface area contributed by atoms with Crippen LogP contribution in [0.5, 0.6) is 11.6 Å². The summed E-state index contributed by atoms with van der Waals surface area (Å²) in [5, 5.41) is 6.61. The van der Waals surface area contributed by atoms with E-state index in [2.05, 4.69) is 10.4 Å². The number of carbonyl (C=O) groups excluding carboxylic acids is 1. The van der Waals surface area contributed by atoms with E-state index in [1.165, 1.54) is 18.2 Å². The molecule has 1 aromatic heterocycles. The first-order valence-electron chi connectivity index (χ1n) is 6.89. The Kier molecular flexibility index (Phi) is 4.63. The van der Waals surface area contributed by atoms with Crippen LogP contribution in [0.3, 0.4) is 0 Å². The van der Waals surface area contributed by atoms with Gasteiger partial charge in [0.1, 0.15) is 5.75 Å². The van der Waals surface area contributed by atoms with E-state index < -0.39 is 17.8 Å². The number of aromatic nitrogens is 2. The van der Waals surface area contributed by atoms with Crippen LogP contribution in [0.15, 0.2) is 30.3 Å². The predicted molar refractivity (Wildman–Crippen MR) is 77.5 cm³/mol. The predicted octanol–water partition coefficient (Wildman–Crippen LogP) is 3.97. The van der Waals surface area contributed by atoms with Crippen LogP contribution in [0.4, 0.5) is 18.0 Å². The minimum absolute atomic E-state index is 0.00579. The van der Waals surface area contributed by atoms with Gasteiger partial charge in [0, 0.05) is 12.1 Å². The second kappa shape index (κ2) is 6.31. The Hall–Kier alpha value is -2.51. The summed E-state index contributed by atoms with van der Waals surface area (Å²) in [6.45, 7) is 5.25. The number of nitrogens with zero attached hydrogens (tertiary/aromatic N) is 2. The number of nitrogens with one attached hydrogen (secondary N) is 1. The third-order valence-electron chi connectivity index (χ3n) is 2.85. The number of halogens is 3. The lowest BCUT2D eigenvalue weighted by Gasteiger charge is -2.09. The number of hydrogen-bond donors (Lipinski definition) is 1. The van der Waals surface area contributed by atoms with Crippen molar-refractivity contribution in [3.05, 3.63) is 41.6 Å². The van der Waals surface area contributed by atoms with Crippen molar-refractivity contribution >= 4 is 6.03 Å². The number of amides is 1. The Bertz CT molecular complexity index is 708. The molecule has 0 atom stereocenters. The molecule has 0 aliphatic carbocycles. The topological polar surface area (TPSA) is 56.2 Å². The van der Waals surface area contributed by atoms with Gasteiger partial charge >= 0.3 is 12.2 Å². The van der Waals surface area contributed by atoms with Crippen molar-refractivity contribution in [1.29, 1.82) is 0 Å². The van der Waals surface area contributed by atoms with Crippen LogP contribution < -0.4 is 10.1 Å². The second-order valence-electron chi connectivity index (χ2n) is 5.27. The lowest BCUT2D eigenvalue weighted by atomic mass is 10.2. The van der Waals surface area contributed by atoms with Crippen molar-refractivity contribution in [1.82, 2.24) is 15.1 Å². The smallest absolute Gasteiger partial charge is 0.416 e. The third-order valence-corrected chi connectivity index (χ3v) is 2.85. The van der Waals surface area contributed by atoms with Gasteiger partial charge in [-0.05, 0) is 39.0 Å². The minimum atomic E-state index is -4.45. The highest BCUT2D eigenvalue weighted by Gasteiger charge is 2.30. The molecule has 5 nitrogen and oxygen atoms in total. The van der Waals surface area contributed by atoms with Gasteiger partial charge in [0.25, 0.3) is 0 Å². The summed E-state index contributed by atoms with van der Waals surface area (Å²) >= 11 is 0. The molecule has 0 aliphatic heterocycles. The zero-order valence-electron chi connectivity index (χ0n) is 12.8. The fourth-order valence-corrected chi connectivity index (χ4v) is 1.87. The SMILES string of the molecule is Cc1cc(Oc2cccc(C(F)(F)F)c2)nn1C(=O)NC(C)C. The number of hydrogen-bond acceptors (Lipinski definition) is 3. The molecule has 0 saturated heterocycles. The summed E-state index contributed by atoms with van der Waals surface area (Å²) in [7, 11) is 0. The highest BCUT2D eigenvalue weighted by Crippen LogP contribution is 2.32. The number of ether oxygens (including phenoxy) is 1. The first-order chi connectivity index (χ1) is 10.7. The van der Waals surface area contributed by atoms with Crippen LogP contribution in [0.2, 0.25) is 0 Å². The Balaban J connectivity index is 2.20. The van der Waals surface area contributed by atoms with Gasteiger partial charge in [-0.25, -0.2) is 4.79 Å². The average Bonchev–Trinajstić information content (AvgIpc) is 2.78. The lowest BCUT2D eigenvalue weighted by Crippen LogP contribution is -2.35. The molecule has 23 heavy (non-hydrogen) atoms. The number of rotatable bonds is 3. The van der Waals surface area contributed by atoms with Gasteiger partial charge in [-0.1, -0.05) is 6.07 Å². The maximum absolute atomic E-state index is 12.7. The molecule has 124 valence electrons. The third kappa shape index (κ3) is 4.24. The van der Waals surface area contributed by atoms with E-state index in [1.807, 2.05) is 0 Å². The van der Waals surface area contributed by atoms with Crippen molar-refractivity contribution in [2.45, 2.75) is 33.0 Å². The summed E-state index contributed by atoms with van der Waals surface area (Å²) in [5.74, 6) is 0.0365. The van der Waals surface area contributed by atoms with Gasteiger partial charge in [-0.3, -0.25) is 0 Å². The highest BCUT2D eigenvalue weighted by molar-refractivity contribution is 5.76. The first kappa shape index (κ1) is 16.9. The minimum Gasteiger partial charge on any atom is -0.438 e. The van der Waals surface area contributed by atoms with Gasteiger partial charge < -0.3 is 10.1 Å². The molecule has 0 aliphatic rings. The standard InChI is InChI=1S/C15H16F3N3O2/c1-9(2)19-14(22)21-10(3)7-13(20-21)23-12-6-4-5-11(8-12)15(16,17)18/h4-9H,1-3H3,(H,19,22). The summed E-state index contributed by atoms with van der Waals surface area (Å²) in [5.41, 5.74) is -0.311. The largest absolute Gasteiger partial charge is 0.438 e. The van der Waals surface area contributed by atoms with E-state index in [1.54, 1.807) is 20.8 Å². The van der Waals surface area contributed by atoms with E-state index in [0.29, 0.717) is 5.69 Å². The Morgan fingerprint density at radius 1 is 1.30 bits per heavy atom. The maximum atomic E-state index is 12.7. The van der Waals surface area contributed by atoms with Crippen LogP contribution in [0.25, 0.3) is 0 Å². The molecule has 0 saturated carbocycles. The number of alkyl halides is 3. The molecule has 0 spiro atoms. The summed E-state index contributed by atoms with van der Waals surface area (Å²) in [4.78, 5) is 11.9. The van der Waals surface area contributed by atoms with Gasteiger partial charge in [-0.2, -0.15) is 17.9 Å². The van der Waals surface area contributed by atoms with Crippen LogP contribution in [-0.2, 0) is 6.18 Å². The van der Waals surface area contributed by atoms with Crippen molar-refractivity contribution in [3.8, 4) is 11.6 Å². The fraction of sp³-hybridized carbons (Fsp3) is 0.333. The molecular weight excluding hydrogens is 311 g/mol. The van der Waals surface area contributed by atoms with Crippen molar-refractivity contribution < 1.29 is 22.7 Å². The van der Waals surface area contributed by atoms with Crippen LogP contribution in [0, 0.1) is 6.92 Å². The quantitative estimate of drug-likeness (QED) is 0.928. The molecule has 0 unspecified atom stereocenters.